The molecule has 23 heavy (non-hydrogen) atoms. The summed E-state index contributed by atoms with van der Waals surface area (Å²) in [6.45, 7) is 7.94. The predicted octanol–water partition coefficient (Wildman–Crippen LogP) is 1.09. The van der Waals surface area contributed by atoms with Crippen molar-refractivity contribution in [2.24, 2.45) is 0 Å². The van der Waals surface area contributed by atoms with Crippen molar-refractivity contribution in [1.82, 2.24) is 19.5 Å². The zero-order chi connectivity index (χ0) is 16.6. The normalized spacial score (nSPS) is 17.7. The van der Waals surface area contributed by atoms with Gasteiger partial charge in [0.15, 0.2) is 5.76 Å². The molecule has 0 spiro atoms. The quantitative estimate of drug-likeness (QED) is 0.822. The summed E-state index contributed by atoms with van der Waals surface area (Å²) in [5, 5.41) is 7.71. The minimum absolute atomic E-state index is 0.193. The molecule has 0 aliphatic carbocycles. The Morgan fingerprint density at radius 1 is 1.09 bits per heavy atom. The third-order valence-corrected chi connectivity index (χ3v) is 6.10. The van der Waals surface area contributed by atoms with Crippen molar-refractivity contribution in [1.29, 1.82) is 0 Å². The van der Waals surface area contributed by atoms with Crippen LogP contribution in [0.5, 0.6) is 0 Å². The summed E-state index contributed by atoms with van der Waals surface area (Å²) in [6.07, 6.45) is 0. The van der Waals surface area contributed by atoms with Gasteiger partial charge in [-0.05, 0) is 20.8 Å². The van der Waals surface area contributed by atoms with Crippen LogP contribution >= 0.6 is 0 Å². The minimum atomic E-state index is -3.56. The highest BCUT2D eigenvalue weighted by Gasteiger charge is 2.33. The lowest BCUT2D eigenvalue weighted by Gasteiger charge is -2.33. The van der Waals surface area contributed by atoms with E-state index in [0.29, 0.717) is 44.2 Å². The van der Waals surface area contributed by atoms with Crippen LogP contribution < -0.4 is 0 Å². The van der Waals surface area contributed by atoms with Crippen molar-refractivity contribution >= 4 is 10.0 Å². The third kappa shape index (κ3) is 3.17. The van der Waals surface area contributed by atoms with Crippen LogP contribution in [0.25, 0.3) is 0 Å². The standard InChI is InChI=1S/C14H20N4O4S/c1-10-8-13(16-21-10)9-17-4-6-18(7-5-17)23(19,20)14-11(2)15-22-12(14)3/h8H,4-7,9H2,1-3H3. The predicted molar refractivity (Wildman–Crippen MR) is 81.3 cm³/mol. The first-order chi connectivity index (χ1) is 10.9. The number of hydrogen-bond donors (Lipinski definition) is 0. The van der Waals surface area contributed by atoms with Gasteiger partial charge in [-0.15, -0.1) is 0 Å². The van der Waals surface area contributed by atoms with E-state index in [0.717, 1.165) is 11.5 Å². The molecule has 2 aromatic rings. The topological polar surface area (TPSA) is 92.7 Å². The van der Waals surface area contributed by atoms with Crippen LogP contribution in [-0.4, -0.2) is 54.1 Å². The van der Waals surface area contributed by atoms with Gasteiger partial charge in [-0.1, -0.05) is 10.3 Å². The van der Waals surface area contributed by atoms with E-state index in [1.807, 2.05) is 13.0 Å². The van der Waals surface area contributed by atoms with Crippen molar-refractivity contribution in [3.63, 3.8) is 0 Å². The molecule has 8 nitrogen and oxygen atoms in total. The molecule has 9 heteroatoms. The molecular weight excluding hydrogens is 320 g/mol. The molecule has 3 heterocycles. The van der Waals surface area contributed by atoms with Gasteiger partial charge in [-0.3, -0.25) is 4.90 Å². The second-order valence-corrected chi connectivity index (χ2v) is 7.64. The molecule has 0 bridgehead atoms. The van der Waals surface area contributed by atoms with E-state index in [-0.39, 0.29) is 4.90 Å². The van der Waals surface area contributed by atoms with Gasteiger partial charge in [0.05, 0.1) is 5.69 Å². The molecule has 1 aliphatic heterocycles. The summed E-state index contributed by atoms with van der Waals surface area (Å²) in [7, 11) is -3.56. The number of rotatable bonds is 4. The highest BCUT2D eigenvalue weighted by molar-refractivity contribution is 7.89. The molecule has 1 aliphatic rings. The fourth-order valence-electron chi connectivity index (χ4n) is 2.82. The Kier molecular flexibility index (Phi) is 4.26. The largest absolute Gasteiger partial charge is 0.361 e. The second kappa shape index (κ2) is 6.06. The monoisotopic (exact) mass is 340 g/mol. The molecule has 0 atom stereocenters. The van der Waals surface area contributed by atoms with Crippen LogP contribution in [0.2, 0.25) is 0 Å². The average Bonchev–Trinajstić information content (AvgIpc) is 3.05. The minimum Gasteiger partial charge on any atom is -0.361 e. The van der Waals surface area contributed by atoms with Gasteiger partial charge in [0, 0.05) is 38.8 Å². The summed E-state index contributed by atoms with van der Waals surface area (Å²) < 4.78 is 37.0. The lowest BCUT2D eigenvalue weighted by molar-refractivity contribution is 0.177. The number of aromatic nitrogens is 2. The number of nitrogens with zero attached hydrogens (tertiary/aromatic N) is 4. The van der Waals surface area contributed by atoms with Crippen LogP contribution in [0.15, 0.2) is 20.0 Å². The summed E-state index contributed by atoms with van der Waals surface area (Å²) in [4.78, 5) is 2.36. The Bertz CT molecular complexity index is 768. The van der Waals surface area contributed by atoms with Crippen LogP contribution in [0.4, 0.5) is 0 Å². The van der Waals surface area contributed by atoms with E-state index >= 15 is 0 Å². The maximum atomic E-state index is 12.7. The fraction of sp³-hybridized carbons (Fsp3) is 0.571. The zero-order valence-electron chi connectivity index (χ0n) is 13.4. The van der Waals surface area contributed by atoms with Crippen molar-refractivity contribution in [2.75, 3.05) is 26.2 Å². The molecule has 0 radical (unpaired) electrons. The lowest BCUT2D eigenvalue weighted by atomic mass is 10.3. The zero-order valence-corrected chi connectivity index (χ0v) is 14.3. The van der Waals surface area contributed by atoms with E-state index < -0.39 is 10.0 Å². The van der Waals surface area contributed by atoms with E-state index in [4.69, 9.17) is 9.05 Å². The van der Waals surface area contributed by atoms with Gasteiger partial charge >= 0.3 is 0 Å². The molecule has 0 unspecified atom stereocenters. The summed E-state index contributed by atoms with van der Waals surface area (Å²) in [5.41, 5.74) is 1.27. The fourth-order valence-corrected chi connectivity index (χ4v) is 4.53. The molecule has 0 aromatic carbocycles. The smallest absolute Gasteiger partial charge is 0.248 e. The van der Waals surface area contributed by atoms with Crippen LogP contribution in [0.1, 0.15) is 22.9 Å². The average molecular weight is 340 g/mol. The van der Waals surface area contributed by atoms with Crippen LogP contribution in [0, 0.1) is 20.8 Å². The first-order valence-corrected chi connectivity index (χ1v) is 8.89. The van der Waals surface area contributed by atoms with Gasteiger partial charge in [-0.25, -0.2) is 8.42 Å². The van der Waals surface area contributed by atoms with Crippen molar-refractivity contribution in [3.8, 4) is 0 Å². The Morgan fingerprint density at radius 3 is 2.30 bits per heavy atom. The van der Waals surface area contributed by atoms with E-state index in [1.54, 1.807) is 13.8 Å². The molecule has 3 rings (SSSR count). The van der Waals surface area contributed by atoms with Gasteiger partial charge in [0.1, 0.15) is 16.3 Å². The Morgan fingerprint density at radius 2 is 1.78 bits per heavy atom. The van der Waals surface area contributed by atoms with Crippen molar-refractivity contribution in [3.05, 3.63) is 29.0 Å². The Labute approximate surface area is 135 Å². The first-order valence-electron chi connectivity index (χ1n) is 7.45. The van der Waals surface area contributed by atoms with Crippen molar-refractivity contribution < 1.29 is 17.5 Å². The van der Waals surface area contributed by atoms with Crippen LogP contribution in [0.3, 0.4) is 0 Å². The number of sulfonamides is 1. The molecular formula is C14H20N4O4S. The number of aryl methyl sites for hydroxylation is 3. The highest BCUT2D eigenvalue weighted by Crippen LogP contribution is 2.24. The molecule has 0 N–H and O–H groups in total. The van der Waals surface area contributed by atoms with Gasteiger partial charge in [0.25, 0.3) is 0 Å². The number of hydrogen-bond acceptors (Lipinski definition) is 7. The summed E-state index contributed by atoms with van der Waals surface area (Å²) >= 11 is 0. The lowest BCUT2D eigenvalue weighted by Crippen LogP contribution is -2.48. The molecule has 2 aromatic heterocycles. The maximum Gasteiger partial charge on any atom is 0.248 e. The van der Waals surface area contributed by atoms with E-state index in [2.05, 4.69) is 15.2 Å². The number of piperazine rings is 1. The molecule has 0 saturated carbocycles. The highest BCUT2D eigenvalue weighted by atomic mass is 32.2. The Hall–Kier alpha value is -1.71. The third-order valence-electron chi connectivity index (χ3n) is 3.96. The van der Waals surface area contributed by atoms with Gasteiger partial charge in [0.2, 0.25) is 10.0 Å². The van der Waals surface area contributed by atoms with E-state index in [9.17, 15) is 8.42 Å². The second-order valence-electron chi connectivity index (χ2n) is 5.76. The summed E-state index contributed by atoms with van der Waals surface area (Å²) in [5.74, 6) is 1.11. The Balaban J connectivity index is 1.66. The van der Waals surface area contributed by atoms with Crippen molar-refractivity contribution in [2.45, 2.75) is 32.2 Å². The maximum absolute atomic E-state index is 12.7. The summed E-state index contributed by atoms with van der Waals surface area (Å²) in [6, 6.07) is 1.90. The SMILES string of the molecule is Cc1cc(CN2CCN(S(=O)(=O)c3c(C)noc3C)CC2)no1. The molecule has 1 fully saturated rings. The molecule has 0 amide bonds. The van der Waals surface area contributed by atoms with Crippen LogP contribution in [-0.2, 0) is 16.6 Å². The van der Waals surface area contributed by atoms with Gasteiger partial charge in [-0.2, -0.15) is 4.31 Å². The van der Waals surface area contributed by atoms with Gasteiger partial charge < -0.3 is 9.05 Å². The molecule has 1 saturated heterocycles. The van der Waals surface area contributed by atoms with E-state index in [1.165, 1.54) is 4.31 Å². The first kappa shape index (κ1) is 16.2. The molecule has 126 valence electrons.